The number of amides is 1. The Bertz CT molecular complexity index is 815. The highest BCUT2D eigenvalue weighted by molar-refractivity contribution is 5.88. The van der Waals surface area contributed by atoms with Gasteiger partial charge in [-0.1, -0.05) is 30.3 Å². The number of hydrogen-bond acceptors (Lipinski definition) is 5. The zero-order chi connectivity index (χ0) is 20.0. The fraction of sp³-hybridized carbons (Fsp3) is 0.222. The Morgan fingerprint density at radius 1 is 1.07 bits per heavy atom. The van der Waals surface area contributed by atoms with E-state index in [0.717, 1.165) is 5.56 Å². The van der Waals surface area contributed by atoms with Gasteiger partial charge in [0.15, 0.2) is 0 Å². The van der Waals surface area contributed by atoms with E-state index in [9.17, 15) is 28.6 Å². The molecule has 7 nitrogen and oxygen atoms in total. The lowest BCUT2D eigenvalue weighted by atomic mass is 10.0. The first-order valence-corrected chi connectivity index (χ1v) is 7.82. The van der Waals surface area contributed by atoms with Crippen molar-refractivity contribution >= 4 is 12.1 Å². The lowest BCUT2D eigenvalue weighted by Crippen LogP contribution is -2.36. The molecule has 0 aromatic heterocycles. The molecule has 9 heteroatoms. The van der Waals surface area contributed by atoms with Gasteiger partial charge in [0.2, 0.25) is 0 Å². The Morgan fingerprint density at radius 2 is 1.74 bits per heavy atom. The zero-order valence-electron chi connectivity index (χ0n) is 13.9. The van der Waals surface area contributed by atoms with E-state index in [0.29, 0.717) is 12.1 Å². The van der Waals surface area contributed by atoms with Crippen LogP contribution in [0.3, 0.4) is 0 Å². The highest BCUT2D eigenvalue weighted by atomic mass is 19.1. The van der Waals surface area contributed by atoms with Crippen LogP contribution in [0.2, 0.25) is 0 Å². The molecule has 2 aromatic carbocycles. The molecule has 2 rings (SSSR count). The number of nitrogens with one attached hydrogen (secondary N) is 1. The lowest BCUT2D eigenvalue weighted by Gasteiger charge is -2.19. The number of halogens is 2. The molecule has 0 bridgehead atoms. The fourth-order valence-electron chi connectivity index (χ4n) is 2.23. The van der Waals surface area contributed by atoms with Crippen LogP contribution in [-0.2, 0) is 11.3 Å². The standard InChI is InChI=1S/C18H17F2NO6/c19-13-7-12(17(24)25)14(20)6-11(13)16(23)15(22)8-21-18(26)27-9-10-4-2-1-3-5-10/h1-7,15-16,22-23H,8-9H2,(H,21,26)(H,24,25). The average molecular weight is 381 g/mol. The Balaban J connectivity index is 1.91. The van der Waals surface area contributed by atoms with E-state index >= 15 is 0 Å². The van der Waals surface area contributed by atoms with Crippen LogP contribution < -0.4 is 5.32 Å². The number of carboxylic acids is 1. The number of ether oxygens (including phenoxy) is 1. The molecule has 0 aliphatic rings. The summed E-state index contributed by atoms with van der Waals surface area (Å²) in [6, 6.07) is 9.70. The van der Waals surface area contributed by atoms with Crippen molar-refractivity contribution in [3.63, 3.8) is 0 Å². The molecule has 0 radical (unpaired) electrons. The van der Waals surface area contributed by atoms with E-state index in [1.54, 1.807) is 30.3 Å². The molecule has 4 N–H and O–H groups in total. The van der Waals surface area contributed by atoms with Gasteiger partial charge in [-0.15, -0.1) is 0 Å². The predicted molar refractivity (Wildman–Crippen MR) is 88.9 cm³/mol. The van der Waals surface area contributed by atoms with E-state index in [-0.39, 0.29) is 6.61 Å². The molecule has 0 fully saturated rings. The maximum Gasteiger partial charge on any atom is 0.407 e. The molecule has 2 atom stereocenters. The summed E-state index contributed by atoms with van der Waals surface area (Å²) in [5, 5.41) is 30.7. The van der Waals surface area contributed by atoms with E-state index < -0.39 is 53.6 Å². The first-order chi connectivity index (χ1) is 12.8. The van der Waals surface area contributed by atoms with E-state index in [2.05, 4.69) is 5.32 Å². The molecular weight excluding hydrogens is 364 g/mol. The summed E-state index contributed by atoms with van der Waals surface area (Å²) in [5.74, 6) is -4.14. The molecule has 2 aromatic rings. The molecule has 2 unspecified atom stereocenters. The molecule has 0 saturated heterocycles. The third-order valence-electron chi connectivity index (χ3n) is 3.67. The highest BCUT2D eigenvalue weighted by Crippen LogP contribution is 2.23. The van der Waals surface area contributed by atoms with Crippen LogP contribution in [-0.4, -0.2) is 40.0 Å². The maximum absolute atomic E-state index is 13.9. The van der Waals surface area contributed by atoms with Gasteiger partial charge in [-0.05, 0) is 17.7 Å². The molecule has 0 aliphatic carbocycles. The smallest absolute Gasteiger partial charge is 0.407 e. The number of benzene rings is 2. The summed E-state index contributed by atoms with van der Waals surface area (Å²) < 4.78 is 32.5. The van der Waals surface area contributed by atoms with Crippen molar-refractivity contribution in [2.45, 2.75) is 18.8 Å². The van der Waals surface area contributed by atoms with Gasteiger partial charge < -0.3 is 25.4 Å². The summed E-state index contributed by atoms with van der Waals surface area (Å²) in [4.78, 5) is 22.3. The molecule has 0 aliphatic heterocycles. The monoisotopic (exact) mass is 381 g/mol. The fourth-order valence-corrected chi connectivity index (χ4v) is 2.23. The van der Waals surface area contributed by atoms with Crippen LogP contribution in [0, 0.1) is 11.6 Å². The van der Waals surface area contributed by atoms with Crippen molar-refractivity contribution in [2.24, 2.45) is 0 Å². The summed E-state index contributed by atoms with van der Waals surface area (Å²) in [6.07, 6.45) is -4.45. The molecule has 1 amide bonds. The normalized spacial score (nSPS) is 12.9. The molecule has 27 heavy (non-hydrogen) atoms. The average Bonchev–Trinajstić information content (AvgIpc) is 2.65. The summed E-state index contributed by atoms with van der Waals surface area (Å²) in [5.41, 5.74) is -0.797. The number of carbonyl (C=O) groups excluding carboxylic acids is 1. The van der Waals surface area contributed by atoms with Gasteiger partial charge >= 0.3 is 12.1 Å². The van der Waals surface area contributed by atoms with Crippen molar-refractivity contribution in [2.75, 3.05) is 6.54 Å². The second-order valence-corrected chi connectivity index (χ2v) is 5.61. The number of carboxylic acid groups (broad SMARTS) is 1. The SMILES string of the molecule is O=C(NCC(O)C(O)c1cc(F)c(C(=O)O)cc1F)OCc1ccccc1. The first kappa shape index (κ1) is 20.3. The molecule has 144 valence electrons. The number of rotatable bonds is 7. The quantitative estimate of drug-likeness (QED) is 0.583. The third-order valence-corrected chi connectivity index (χ3v) is 3.67. The van der Waals surface area contributed by atoms with Crippen molar-refractivity contribution in [3.8, 4) is 0 Å². The van der Waals surface area contributed by atoms with Crippen LogP contribution in [0.25, 0.3) is 0 Å². The Hall–Kier alpha value is -3.04. The van der Waals surface area contributed by atoms with Gasteiger partial charge in [0.05, 0.1) is 5.56 Å². The third kappa shape index (κ3) is 5.47. The molecule has 0 saturated carbocycles. The van der Waals surface area contributed by atoms with Crippen LogP contribution in [0.15, 0.2) is 42.5 Å². The van der Waals surface area contributed by atoms with Crippen LogP contribution >= 0.6 is 0 Å². The minimum absolute atomic E-state index is 0.0121. The molecule has 0 heterocycles. The van der Waals surface area contributed by atoms with Crippen molar-refractivity contribution < 1.29 is 38.4 Å². The van der Waals surface area contributed by atoms with Gasteiger partial charge in [0.25, 0.3) is 0 Å². The first-order valence-electron chi connectivity index (χ1n) is 7.82. The minimum atomic E-state index is -1.89. The van der Waals surface area contributed by atoms with Crippen molar-refractivity contribution in [1.29, 1.82) is 0 Å². The number of aliphatic hydroxyl groups is 2. The summed E-state index contributed by atoms with van der Waals surface area (Å²) in [6.45, 7) is -0.516. The molecular formula is C18H17F2NO6. The second-order valence-electron chi connectivity index (χ2n) is 5.61. The topological polar surface area (TPSA) is 116 Å². The molecule has 0 spiro atoms. The Kier molecular flexibility index (Phi) is 6.80. The zero-order valence-corrected chi connectivity index (χ0v) is 13.9. The van der Waals surface area contributed by atoms with E-state index in [4.69, 9.17) is 9.84 Å². The predicted octanol–water partition coefficient (Wildman–Crippen LogP) is 1.98. The van der Waals surface area contributed by atoms with Crippen molar-refractivity contribution in [3.05, 3.63) is 70.8 Å². The van der Waals surface area contributed by atoms with Gasteiger partial charge in [0.1, 0.15) is 30.4 Å². The second kappa shape index (κ2) is 9.06. The number of aromatic carboxylic acids is 1. The summed E-state index contributed by atoms with van der Waals surface area (Å²) >= 11 is 0. The Morgan fingerprint density at radius 3 is 2.37 bits per heavy atom. The van der Waals surface area contributed by atoms with Gasteiger partial charge in [-0.25, -0.2) is 18.4 Å². The van der Waals surface area contributed by atoms with Crippen LogP contribution in [0.1, 0.15) is 27.6 Å². The number of alkyl carbamates (subject to hydrolysis) is 1. The number of carbonyl (C=O) groups is 2. The van der Waals surface area contributed by atoms with Crippen molar-refractivity contribution in [1.82, 2.24) is 5.32 Å². The van der Waals surface area contributed by atoms with Gasteiger partial charge in [-0.2, -0.15) is 0 Å². The van der Waals surface area contributed by atoms with Crippen LogP contribution in [0.4, 0.5) is 13.6 Å². The number of hydrogen-bond donors (Lipinski definition) is 4. The van der Waals surface area contributed by atoms with Gasteiger partial charge in [-0.3, -0.25) is 0 Å². The lowest BCUT2D eigenvalue weighted by molar-refractivity contribution is 0.0162. The summed E-state index contributed by atoms with van der Waals surface area (Å²) in [7, 11) is 0. The maximum atomic E-state index is 13.9. The van der Waals surface area contributed by atoms with E-state index in [1.807, 2.05) is 0 Å². The highest BCUT2D eigenvalue weighted by Gasteiger charge is 2.25. The van der Waals surface area contributed by atoms with Crippen LogP contribution in [0.5, 0.6) is 0 Å². The minimum Gasteiger partial charge on any atom is -0.478 e. The largest absolute Gasteiger partial charge is 0.478 e. The van der Waals surface area contributed by atoms with Gasteiger partial charge in [0, 0.05) is 12.1 Å². The number of aliphatic hydroxyl groups excluding tert-OH is 2. The Labute approximate surface area is 152 Å². The van der Waals surface area contributed by atoms with E-state index in [1.165, 1.54) is 0 Å².